The highest BCUT2D eigenvalue weighted by Crippen LogP contribution is 2.51. The van der Waals surface area contributed by atoms with Gasteiger partial charge in [-0.2, -0.15) is 13.2 Å². The van der Waals surface area contributed by atoms with Gasteiger partial charge in [-0.1, -0.05) is 0 Å². The second kappa shape index (κ2) is 5.73. The molecule has 25 heavy (non-hydrogen) atoms. The Balaban J connectivity index is 2.36. The summed E-state index contributed by atoms with van der Waals surface area (Å²) in [5.41, 5.74) is -3.06. The van der Waals surface area contributed by atoms with E-state index in [9.17, 15) is 35.8 Å². The van der Waals surface area contributed by atoms with E-state index in [-0.39, 0.29) is 11.4 Å². The summed E-state index contributed by atoms with van der Waals surface area (Å²) in [7, 11) is 0. The number of aliphatic hydroxyl groups excluding tert-OH is 1. The molecule has 136 valence electrons. The van der Waals surface area contributed by atoms with Gasteiger partial charge < -0.3 is 9.67 Å². The highest BCUT2D eigenvalue weighted by atomic mass is 79.9. The first-order chi connectivity index (χ1) is 11.4. The molecule has 3 rings (SSSR count). The van der Waals surface area contributed by atoms with Crippen molar-refractivity contribution in [3.05, 3.63) is 51.3 Å². The van der Waals surface area contributed by atoms with Crippen molar-refractivity contribution in [1.82, 2.24) is 4.57 Å². The standard InChI is InChI=1S/C15H9BrF7NO/c16-13-11(15(21,22)23)10-9(1-2-14(19,20)12(10)25)24(13)8-4-6(17)3-7(18)5-8/h3-5,12,25H,1-2H2/t12-/m0/s1. The lowest BCUT2D eigenvalue weighted by Crippen LogP contribution is -2.33. The molecule has 10 heteroatoms. The molecule has 1 aromatic heterocycles. The summed E-state index contributed by atoms with van der Waals surface area (Å²) in [4.78, 5) is 0. The van der Waals surface area contributed by atoms with Gasteiger partial charge >= 0.3 is 6.18 Å². The molecule has 0 spiro atoms. The molecule has 1 aromatic carbocycles. The number of benzene rings is 1. The number of fused-ring (bicyclic) bond motifs is 1. The maximum atomic E-state index is 13.8. The molecule has 0 radical (unpaired) electrons. The average Bonchev–Trinajstić information content (AvgIpc) is 2.75. The predicted octanol–water partition coefficient (Wildman–Crippen LogP) is 5.15. The molecule has 0 amide bonds. The normalized spacial score (nSPS) is 19.8. The van der Waals surface area contributed by atoms with E-state index in [0.29, 0.717) is 6.07 Å². The van der Waals surface area contributed by atoms with E-state index < -0.39 is 58.4 Å². The van der Waals surface area contributed by atoms with Crippen LogP contribution in [0.2, 0.25) is 0 Å². The first-order valence-corrected chi connectivity index (χ1v) is 7.75. The number of nitrogens with zero attached hydrogens (tertiary/aromatic N) is 1. The van der Waals surface area contributed by atoms with E-state index >= 15 is 0 Å². The number of alkyl halides is 5. The Morgan fingerprint density at radius 2 is 1.68 bits per heavy atom. The number of hydrogen-bond donors (Lipinski definition) is 1. The Labute approximate surface area is 145 Å². The van der Waals surface area contributed by atoms with Gasteiger partial charge in [0.15, 0.2) is 0 Å². The first-order valence-electron chi connectivity index (χ1n) is 6.96. The Morgan fingerprint density at radius 1 is 1.12 bits per heavy atom. The van der Waals surface area contributed by atoms with Gasteiger partial charge in [-0.05, 0) is 34.5 Å². The summed E-state index contributed by atoms with van der Waals surface area (Å²) in [5, 5.41) is 9.79. The summed E-state index contributed by atoms with van der Waals surface area (Å²) >= 11 is 2.69. The van der Waals surface area contributed by atoms with E-state index in [1.165, 1.54) is 0 Å². The largest absolute Gasteiger partial charge is 0.419 e. The second-order valence-electron chi connectivity index (χ2n) is 5.65. The number of hydrogen-bond acceptors (Lipinski definition) is 1. The van der Waals surface area contributed by atoms with Crippen LogP contribution >= 0.6 is 15.9 Å². The molecule has 0 unspecified atom stereocenters. The fourth-order valence-electron chi connectivity index (χ4n) is 2.99. The molecule has 0 fully saturated rings. The van der Waals surface area contributed by atoms with Crippen LogP contribution in [0.3, 0.4) is 0 Å². The Bertz CT molecular complexity index is 823. The summed E-state index contributed by atoms with van der Waals surface area (Å²) in [6.45, 7) is 0. The maximum Gasteiger partial charge on any atom is 0.419 e. The van der Waals surface area contributed by atoms with Crippen LogP contribution in [0.25, 0.3) is 5.69 Å². The van der Waals surface area contributed by atoms with Crippen LogP contribution < -0.4 is 0 Å². The van der Waals surface area contributed by atoms with Gasteiger partial charge in [0.25, 0.3) is 5.92 Å². The van der Waals surface area contributed by atoms with Crippen molar-refractivity contribution in [2.24, 2.45) is 0 Å². The van der Waals surface area contributed by atoms with Crippen LogP contribution in [0.5, 0.6) is 0 Å². The summed E-state index contributed by atoms with van der Waals surface area (Å²) in [6.07, 6.45) is -9.14. The minimum Gasteiger partial charge on any atom is -0.382 e. The van der Waals surface area contributed by atoms with E-state index in [2.05, 4.69) is 15.9 Å². The lowest BCUT2D eigenvalue weighted by atomic mass is 9.89. The molecule has 1 aliphatic carbocycles. The summed E-state index contributed by atoms with van der Waals surface area (Å²) in [5.74, 6) is -5.83. The van der Waals surface area contributed by atoms with Crippen LogP contribution in [0.4, 0.5) is 30.7 Å². The third-order valence-corrected chi connectivity index (χ3v) is 4.76. The molecule has 0 aliphatic heterocycles. The lowest BCUT2D eigenvalue weighted by molar-refractivity contribution is -0.148. The van der Waals surface area contributed by atoms with Crippen molar-refractivity contribution in [1.29, 1.82) is 0 Å². The van der Waals surface area contributed by atoms with Crippen molar-refractivity contribution in [3.63, 3.8) is 0 Å². The van der Waals surface area contributed by atoms with Crippen LogP contribution in [0.1, 0.15) is 29.3 Å². The van der Waals surface area contributed by atoms with Crippen LogP contribution in [0, 0.1) is 11.6 Å². The molecule has 1 heterocycles. The van der Waals surface area contributed by atoms with Crippen LogP contribution in [-0.4, -0.2) is 15.6 Å². The smallest absolute Gasteiger partial charge is 0.382 e. The Kier molecular flexibility index (Phi) is 4.18. The van der Waals surface area contributed by atoms with Gasteiger partial charge in [0.2, 0.25) is 0 Å². The zero-order valence-corrected chi connectivity index (χ0v) is 13.7. The van der Waals surface area contributed by atoms with Gasteiger partial charge in [-0.15, -0.1) is 0 Å². The van der Waals surface area contributed by atoms with Crippen molar-refractivity contribution >= 4 is 15.9 Å². The number of rotatable bonds is 1. The fourth-order valence-corrected chi connectivity index (χ4v) is 3.84. The van der Waals surface area contributed by atoms with Crippen molar-refractivity contribution < 1.29 is 35.8 Å². The SMILES string of the molecule is O[C@H]1c2c(C(F)(F)F)c(Br)n(-c3cc(F)cc(F)c3)c2CCC1(F)F. The van der Waals surface area contributed by atoms with Crippen LogP contribution in [-0.2, 0) is 12.6 Å². The molecule has 2 nitrogen and oxygen atoms in total. The summed E-state index contributed by atoms with van der Waals surface area (Å²) in [6, 6.07) is 2.07. The molecule has 1 N–H and O–H groups in total. The van der Waals surface area contributed by atoms with Crippen LogP contribution in [0.15, 0.2) is 22.8 Å². The van der Waals surface area contributed by atoms with Gasteiger partial charge in [0.1, 0.15) is 22.3 Å². The zero-order chi connectivity index (χ0) is 18.7. The summed E-state index contributed by atoms with van der Waals surface area (Å²) < 4.78 is 94.7. The van der Waals surface area contributed by atoms with Gasteiger partial charge in [-0.3, -0.25) is 0 Å². The molecule has 1 atom stereocenters. The third kappa shape index (κ3) is 2.95. The Morgan fingerprint density at radius 3 is 2.20 bits per heavy atom. The molecule has 0 saturated carbocycles. The van der Waals surface area contributed by atoms with E-state index in [1.54, 1.807) is 0 Å². The molecule has 0 bridgehead atoms. The fraction of sp³-hybridized carbons (Fsp3) is 0.333. The van der Waals surface area contributed by atoms with Crippen molar-refractivity contribution in [2.75, 3.05) is 0 Å². The van der Waals surface area contributed by atoms with E-state index in [0.717, 1.165) is 16.7 Å². The zero-order valence-electron chi connectivity index (χ0n) is 12.1. The van der Waals surface area contributed by atoms with Gasteiger partial charge in [0.05, 0.1) is 11.3 Å². The molecular weight excluding hydrogens is 423 g/mol. The molecule has 0 saturated heterocycles. The number of halogens is 8. The molecule has 1 aliphatic rings. The third-order valence-electron chi connectivity index (χ3n) is 4.01. The minimum absolute atomic E-state index is 0.275. The van der Waals surface area contributed by atoms with Crippen molar-refractivity contribution in [2.45, 2.75) is 31.0 Å². The minimum atomic E-state index is -5.06. The molecule has 2 aromatic rings. The van der Waals surface area contributed by atoms with Gasteiger partial charge in [-0.25, -0.2) is 17.6 Å². The van der Waals surface area contributed by atoms with Gasteiger partial charge in [0, 0.05) is 23.7 Å². The predicted molar refractivity (Wildman–Crippen MR) is 76.6 cm³/mol. The highest BCUT2D eigenvalue weighted by molar-refractivity contribution is 9.10. The quantitative estimate of drug-likeness (QED) is 0.620. The van der Waals surface area contributed by atoms with E-state index in [1.807, 2.05) is 0 Å². The first kappa shape index (κ1) is 18.2. The number of aliphatic hydroxyl groups is 1. The second-order valence-corrected chi connectivity index (χ2v) is 6.40. The number of aromatic nitrogens is 1. The van der Waals surface area contributed by atoms with Crippen molar-refractivity contribution in [3.8, 4) is 5.69 Å². The van der Waals surface area contributed by atoms with E-state index in [4.69, 9.17) is 0 Å². The monoisotopic (exact) mass is 431 g/mol. The highest BCUT2D eigenvalue weighted by Gasteiger charge is 2.51. The maximum absolute atomic E-state index is 13.8. The Hall–Kier alpha value is -1.55. The molecular formula is C15H9BrF7NO. The topological polar surface area (TPSA) is 25.2 Å². The lowest BCUT2D eigenvalue weighted by Gasteiger charge is -2.29. The average molecular weight is 432 g/mol.